The minimum atomic E-state index is 0.110. The topological polar surface area (TPSA) is 26.0 Å². The molecule has 0 aliphatic rings. The van der Waals surface area contributed by atoms with E-state index >= 15 is 0 Å². The summed E-state index contributed by atoms with van der Waals surface area (Å²) in [7, 11) is 0. The Kier molecular flexibility index (Phi) is 20.2. The van der Waals surface area contributed by atoms with Crippen molar-refractivity contribution in [1.82, 2.24) is 0 Å². The van der Waals surface area contributed by atoms with E-state index in [1.165, 1.54) is 135 Å². The zero-order valence-electron chi connectivity index (χ0n) is 20.5. The van der Waals surface area contributed by atoms with Gasteiger partial charge >= 0.3 is 0 Å². The van der Waals surface area contributed by atoms with Gasteiger partial charge in [0, 0.05) is 5.54 Å². The Bertz CT molecular complexity index is 289. The number of unbranched alkanes of at least 4 members (excludes halogenated alkanes) is 13. The smallest absolute Gasteiger partial charge is 0.0182 e. The summed E-state index contributed by atoms with van der Waals surface area (Å²) in [5.41, 5.74) is 7.31. The fourth-order valence-corrected chi connectivity index (χ4v) is 4.83. The lowest BCUT2D eigenvalue weighted by Gasteiger charge is -2.39. The van der Waals surface area contributed by atoms with E-state index in [-0.39, 0.29) is 5.54 Å². The summed E-state index contributed by atoms with van der Waals surface area (Å²) in [5, 5.41) is 0. The lowest BCUT2D eigenvalue weighted by Crippen LogP contribution is -2.47. The molecule has 1 heteroatoms. The second kappa shape index (κ2) is 20.2. The SMILES string of the molecule is CCCCCCCCCCC(CCCCC)C(N)(CCCCC)CCCCC. The molecule has 28 heavy (non-hydrogen) atoms. The summed E-state index contributed by atoms with van der Waals surface area (Å²) >= 11 is 0. The Balaban J connectivity index is 4.57. The van der Waals surface area contributed by atoms with E-state index in [0.29, 0.717) is 0 Å². The van der Waals surface area contributed by atoms with Gasteiger partial charge in [-0.15, -0.1) is 0 Å². The molecule has 0 heterocycles. The van der Waals surface area contributed by atoms with Crippen LogP contribution in [0.3, 0.4) is 0 Å². The zero-order chi connectivity index (χ0) is 20.9. The van der Waals surface area contributed by atoms with Gasteiger partial charge in [0.1, 0.15) is 0 Å². The van der Waals surface area contributed by atoms with Crippen LogP contribution in [0.25, 0.3) is 0 Å². The van der Waals surface area contributed by atoms with Crippen LogP contribution < -0.4 is 5.73 Å². The predicted octanol–water partition coefficient (Wildman–Crippen LogP) is 9.57. The van der Waals surface area contributed by atoms with E-state index < -0.39 is 0 Å². The van der Waals surface area contributed by atoms with Crippen molar-refractivity contribution in [2.75, 3.05) is 0 Å². The Hall–Kier alpha value is -0.0400. The first-order valence-corrected chi connectivity index (χ1v) is 13.4. The van der Waals surface area contributed by atoms with E-state index in [2.05, 4.69) is 27.7 Å². The first kappa shape index (κ1) is 28.0. The van der Waals surface area contributed by atoms with Gasteiger partial charge in [-0.2, -0.15) is 0 Å². The third kappa shape index (κ3) is 14.9. The van der Waals surface area contributed by atoms with Crippen molar-refractivity contribution >= 4 is 0 Å². The van der Waals surface area contributed by atoms with Gasteiger partial charge in [0.2, 0.25) is 0 Å². The van der Waals surface area contributed by atoms with Crippen LogP contribution in [0.4, 0.5) is 0 Å². The largest absolute Gasteiger partial charge is 0.325 e. The summed E-state index contributed by atoms with van der Waals surface area (Å²) in [6.07, 6.45) is 28.8. The lowest BCUT2D eigenvalue weighted by molar-refractivity contribution is 0.190. The standard InChI is InChI=1S/C27H57N/c1-5-9-13-14-15-16-17-19-23-26(22-18-10-6-2)27(28,24-20-11-7-3)25-21-12-8-4/h26H,5-25,28H2,1-4H3. The fraction of sp³-hybridized carbons (Fsp3) is 1.00. The normalized spacial score (nSPS) is 13.2. The van der Waals surface area contributed by atoms with E-state index in [4.69, 9.17) is 5.73 Å². The summed E-state index contributed by atoms with van der Waals surface area (Å²) in [5.74, 6) is 0.757. The van der Waals surface area contributed by atoms with Crippen LogP contribution in [0.5, 0.6) is 0 Å². The molecular weight excluding hydrogens is 338 g/mol. The molecule has 0 amide bonds. The maximum atomic E-state index is 7.20. The fourth-order valence-electron chi connectivity index (χ4n) is 4.83. The number of rotatable bonds is 22. The van der Waals surface area contributed by atoms with Crippen LogP contribution in [0.15, 0.2) is 0 Å². The number of hydrogen-bond donors (Lipinski definition) is 1. The lowest BCUT2D eigenvalue weighted by atomic mass is 9.72. The van der Waals surface area contributed by atoms with Gasteiger partial charge in [-0.1, -0.05) is 137 Å². The molecule has 2 N–H and O–H groups in total. The molecule has 0 rings (SSSR count). The average molecular weight is 396 g/mol. The summed E-state index contributed by atoms with van der Waals surface area (Å²) in [6, 6.07) is 0. The van der Waals surface area contributed by atoms with Gasteiger partial charge in [0.15, 0.2) is 0 Å². The molecule has 0 fully saturated rings. The predicted molar refractivity (Wildman–Crippen MR) is 130 cm³/mol. The van der Waals surface area contributed by atoms with Crippen molar-refractivity contribution in [2.24, 2.45) is 11.7 Å². The van der Waals surface area contributed by atoms with E-state index in [1.807, 2.05) is 0 Å². The summed E-state index contributed by atoms with van der Waals surface area (Å²) in [6.45, 7) is 9.26. The molecule has 1 nitrogen and oxygen atoms in total. The second-order valence-electron chi connectivity index (χ2n) is 9.60. The molecule has 0 aromatic rings. The molecule has 0 bridgehead atoms. The maximum absolute atomic E-state index is 7.20. The highest BCUT2D eigenvalue weighted by molar-refractivity contribution is 4.91. The van der Waals surface area contributed by atoms with Crippen LogP contribution >= 0.6 is 0 Å². The molecule has 170 valence electrons. The molecule has 0 spiro atoms. The van der Waals surface area contributed by atoms with Crippen molar-refractivity contribution in [1.29, 1.82) is 0 Å². The van der Waals surface area contributed by atoms with E-state index in [0.717, 1.165) is 5.92 Å². The van der Waals surface area contributed by atoms with Gasteiger partial charge in [0.05, 0.1) is 0 Å². The molecule has 1 atom stereocenters. The first-order valence-electron chi connectivity index (χ1n) is 13.4. The quantitative estimate of drug-likeness (QED) is 0.181. The Morgan fingerprint density at radius 3 is 1.25 bits per heavy atom. The third-order valence-corrected chi connectivity index (χ3v) is 6.87. The third-order valence-electron chi connectivity index (χ3n) is 6.87. The Labute approximate surface area is 180 Å². The first-order chi connectivity index (χ1) is 13.6. The molecule has 0 saturated carbocycles. The van der Waals surface area contributed by atoms with Crippen LogP contribution in [0, 0.1) is 5.92 Å². The van der Waals surface area contributed by atoms with E-state index in [9.17, 15) is 0 Å². The molecule has 0 aromatic heterocycles. The molecule has 0 aliphatic carbocycles. The van der Waals surface area contributed by atoms with Crippen molar-refractivity contribution in [2.45, 2.75) is 168 Å². The minimum absolute atomic E-state index is 0.110. The van der Waals surface area contributed by atoms with Crippen molar-refractivity contribution < 1.29 is 0 Å². The summed E-state index contributed by atoms with van der Waals surface area (Å²) < 4.78 is 0. The molecular formula is C27H57N. The van der Waals surface area contributed by atoms with Crippen molar-refractivity contribution in [3.05, 3.63) is 0 Å². The van der Waals surface area contributed by atoms with Gasteiger partial charge in [0.25, 0.3) is 0 Å². The van der Waals surface area contributed by atoms with Gasteiger partial charge < -0.3 is 5.73 Å². The van der Waals surface area contributed by atoms with Crippen LogP contribution in [-0.4, -0.2) is 5.54 Å². The van der Waals surface area contributed by atoms with Gasteiger partial charge in [-0.05, 0) is 31.6 Å². The van der Waals surface area contributed by atoms with Gasteiger partial charge in [-0.25, -0.2) is 0 Å². The van der Waals surface area contributed by atoms with Crippen molar-refractivity contribution in [3.8, 4) is 0 Å². The zero-order valence-corrected chi connectivity index (χ0v) is 20.5. The molecule has 0 saturated heterocycles. The molecule has 0 aliphatic heterocycles. The molecule has 0 radical (unpaired) electrons. The molecule has 1 unspecified atom stereocenters. The second-order valence-corrected chi connectivity index (χ2v) is 9.60. The number of nitrogens with two attached hydrogens (primary N) is 1. The van der Waals surface area contributed by atoms with Crippen LogP contribution in [0.2, 0.25) is 0 Å². The Morgan fingerprint density at radius 1 is 0.464 bits per heavy atom. The average Bonchev–Trinajstić information content (AvgIpc) is 2.69. The van der Waals surface area contributed by atoms with E-state index in [1.54, 1.807) is 0 Å². The highest BCUT2D eigenvalue weighted by atomic mass is 14.8. The highest BCUT2D eigenvalue weighted by Crippen LogP contribution is 2.35. The van der Waals surface area contributed by atoms with Crippen LogP contribution in [0.1, 0.15) is 163 Å². The van der Waals surface area contributed by atoms with Crippen molar-refractivity contribution in [3.63, 3.8) is 0 Å². The highest BCUT2D eigenvalue weighted by Gasteiger charge is 2.32. The van der Waals surface area contributed by atoms with Crippen LogP contribution in [-0.2, 0) is 0 Å². The minimum Gasteiger partial charge on any atom is -0.325 e. The maximum Gasteiger partial charge on any atom is 0.0182 e. The van der Waals surface area contributed by atoms with Gasteiger partial charge in [-0.3, -0.25) is 0 Å². The Morgan fingerprint density at radius 2 is 0.786 bits per heavy atom. The number of hydrogen-bond acceptors (Lipinski definition) is 1. The monoisotopic (exact) mass is 395 g/mol. The summed E-state index contributed by atoms with van der Waals surface area (Å²) in [4.78, 5) is 0. The molecule has 0 aromatic carbocycles.